The highest BCUT2D eigenvalue weighted by Crippen LogP contribution is 2.31. The number of carbonyl (C=O) groups is 2. The first-order chi connectivity index (χ1) is 12.5. The molecule has 0 spiro atoms. The van der Waals surface area contributed by atoms with Gasteiger partial charge in [-0.1, -0.05) is 12.1 Å². The van der Waals surface area contributed by atoms with Crippen LogP contribution in [0.3, 0.4) is 0 Å². The van der Waals surface area contributed by atoms with E-state index in [9.17, 15) is 9.59 Å². The molecule has 0 aromatic heterocycles. The summed E-state index contributed by atoms with van der Waals surface area (Å²) in [6.45, 7) is 1.16. The molecule has 0 saturated heterocycles. The van der Waals surface area contributed by atoms with Gasteiger partial charge in [0, 0.05) is 18.7 Å². The van der Waals surface area contributed by atoms with Crippen LogP contribution in [-0.2, 0) is 9.59 Å². The molecule has 2 amide bonds. The maximum Gasteiger partial charge on any atom is 0.244 e. The Balaban J connectivity index is 2.22. The number of nitrogens with zero attached hydrogens (tertiary/aromatic N) is 2. The fraction of sp³-hybridized carbons (Fsp3) is 0.211. The van der Waals surface area contributed by atoms with Crippen molar-refractivity contribution >= 4 is 23.2 Å². The van der Waals surface area contributed by atoms with Crippen molar-refractivity contribution in [2.24, 2.45) is 0 Å². The first-order valence-electron chi connectivity index (χ1n) is 7.79. The molecule has 0 aliphatic heterocycles. The number of ether oxygens (including phenoxy) is 2. The lowest BCUT2D eigenvalue weighted by Gasteiger charge is -2.22. The Morgan fingerprint density at radius 1 is 1.12 bits per heavy atom. The Kier molecular flexibility index (Phi) is 6.17. The van der Waals surface area contributed by atoms with Gasteiger partial charge in [-0.2, -0.15) is 5.26 Å². The van der Waals surface area contributed by atoms with E-state index >= 15 is 0 Å². The third-order valence-corrected chi connectivity index (χ3v) is 3.68. The minimum Gasteiger partial charge on any atom is -0.493 e. The number of benzene rings is 2. The molecule has 0 atom stereocenters. The maximum absolute atomic E-state index is 12.4. The average molecular weight is 353 g/mol. The van der Waals surface area contributed by atoms with Gasteiger partial charge in [0.25, 0.3) is 0 Å². The minimum absolute atomic E-state index is 0.204. The zero-order valence-electron chi connectivity index (χ0n) is 14.8. The predicted molar refractivity (Wildman–Crippen MR) is 97.4 cm³/mol. The van der Waals surface area contributed by atoms with E-state index in [1.165, 1.54) is 26.0 Å². The van der Waals surface area contributed by atoms with Crippen molar-refractivity contribution in [2.75, 3.05) is 31.0 Å². The lowest BCUT2D eigenvalue weighted by atomic mass is 10.2. The Morgan fingerprint density at radius 2 is 1.81 bits per heavy atom. The van der Waals surface area contributed by atoms with Gasteiger partial charge in [-0.25, -0.2) is 0 Å². The van der Waals surface area contributed by atoms with E-state index in [-0.39, 0.29) is 12.5 Å². The molecule has 26 heavy (non-hydrogen) atoms. The molecule has 7 nitrogen and oxygen atoms in total. The number of rotatable bonds is 6. The first kappa shape index (κ1) is 18.8. The maximum atomic E-state index is 12.4. The second-order valence-electron chi connectivity index (χ2n) is 5.35. The summed E-state index contributed by atoms with van der Waals surface area (Å²) in [6.07, 6.45) is 0. The summed E-state index contributed by atoms with van der Waals surface area (Å²) in [5.74, 6) is 0.247. The highest BCUT2D eigenvalue weighted by atomic mass is 16.5. The third kappa shape index (κ3) is 4.30. The number of anilines is 2. The van der Waals surface area contributed by atoms with Crippen LogP contribution in [0.4, 0.5) is 11.4 Å². The topological polar surface area (TPSA) is 91.7 Å². The Bertz CT molecular complexity index is 858. The van der Waals surface area contributed by atoms with Crippen LogP contribution < -0.4 is 19.7 Å². The lowest BCUT2D eigenvalue weighted by Crippen LogP contribution is -2.36. The van der Waals surface area contributed by atoms with E-state index in [1.807, 2.05) is 6.07 Å². The van der Waals surface area contributed by atoms with Gasteiger partial charge < -0.3 is 19.7 Å². The molecule has 0 aliphatic rings. The second-order valence-corrected chi connectivity index (χ2v) is 5.35. The van der Waals surface area contributed by atoms with E-state index in [4.69, 9.17) is 14.7 Å². The van der Waals surface area contributed by atoms with E-state index < -0.39 is 5.91 Å². The zero-order valence-corrected chi connectivity index (χ0v) is 14.8. The van der Waals surface area contributed by atoms with E-state index in [0.717, 1.165) is 0 Å². The smallest absolute Gasteiger partial charge is 0.244 e. The molecule has 0 saturated carbocycles. The van der Waals surface area contributed by atoms with Gasteiger partial charge in [0.2, 0.25) is 11.8 Å². The summed E-state index contributed by atoms with van der Waals surface area (Å²) in [6, 6.07) is 13.6. The normalized spacial score (nSPS) is 9.77. The molecule has 0 radical (unpaired) electrons. The SMILES string of the molecule is COc1ccc(N(CC(=O)Nc2ccccc2C#N)C(C)=O)cc1OC. The van der Waals surface area contributed by atoms with Gasteiger partial charge in [-0.15, -0.1) is 0 Å². The number of nitrogens with one attached hydrogen (secondary N) is 1. The summed E-state index contributed by atoms with van der Waals surface area (Å²) in [7, 11) is 3.01. The van der Waals surface area contributed by atoms with Crippen molar-refractivity contribution < 1.29 is 19.1 Å². The highest BCUT2D eigenvalue weighted by molar-refractivity contribution is 6.02. The van der Waals surface area contributed by atoms with Crippen LogP contribution in [0, 0.1) is 11.3 Å². The summed E-state index contributed by atoms with van der Waals surface area (Å²) in [4.78, 5) is 25.7. The number of carbonyl (C=O) groups excluding carboxylic acids is 2. The zero-order chi connectivity index (χ0) is 19.1. The van der Waals surface area contributed by atoms with Gasteiger partial charge in [0.05, 0.1) is 25.5 Å². The largest absolute Gasteiger partial charge is 0.493 e. The summed E-state index contributed by atoms with van der Waals surface area (Å²) in [5.41, 5.74) is 1.25. The number of methoxy groups -OCH3 is 2. The van der Waals surface area contributed by atoms with Crippen LogP contribution in [0.5, 0.6) is 11.5 Å². The highest BCUT2D eigenvalue weighted by Gasteiger charge is 2.18. The Morgan fingerprint density at radius 3 is 2.42 bits per heavy atom. The van der Waals surface area contributed by atoms with E-state index in [2.05, 4.69) is 5.32 Å². The predicted octanol–water partition coefficient (Wildman–Crippen LogP) is 2.57. The molecular weight excluding hydrogens is 334 g/mol. The van der Waals surface area contributed by atoms with E-state index in [0.29, 0.717) is 28.4 Å². The summed E-state index contributed by atoms with van der Waals surface area (Å²) in [5, 5.41) is 11.8. The molecule has 7 heteroatoms. The van der Waals surface area contributed by atoms with Crippen LogP contribution in [0.1, 0.15) is 12.5 Å². The average Bonchev–Trinajstić information content (AvgIpc) is 2.65. The lowest BCUT2D eigenvalue weighted by molar-refractivity contribution is -0.120. The fourth-order valence-electron chi connectivity index (χ4n) is 2.40. The number of amides is 2. The van der Waals surface area contributed by atoms with Crippen molar-refractivity contribution in [1.82, 2.24) is 0 Å². The standard InChI is InChI=1S/C19H19N3O4/c1-13(23)22(15-8-9-17(25-2)18(10-15)26-3)12-19(24)21-16-7-5-4-6-14(16)11-20/h4-10H,12H2,1-3H3,(H,21,24). The number of hydrogen-bond donors (Lipinski definition) is 1. The van der Waals surface area contributed by atoms with Gasteiger partial charge in [-0.05, 0) is 24.3 Å². The van der Waals surface area contributed by atoms with Crippen molar-refractivity contribution in [3.8, 4) is 17.6 Å². The quantitative estimate of drug-likeness (QED) is 0.862. The summed E-state index contributed by atoms with van der Waals surface area (Å²) < 4.78 is 10.4. The van der Waals surface area contributed by atoms with E-state index in [1.54, 1.807) is 42.5 Å². The van der Waals surface area contributed by atoms with Crippen LogP contribution in [0.15, 0.2) is 42.5 Å². The Hall–Kier alpha value is -3.53. The molecule has 2 aromatic rings. The van der Waals surface area contributed by atoms with Crippen LogP contribution in [-0.4, -0.2) is 32.6 Å². The second kappa shape index (κ2) is 8.53. The summed E-state index contributed by atoms with van der Waals surface area (Å²) >= 11 is 0. The van der Waals surface area contributed by atoms with Gasteiger partial charge in [0.15, 0.2) is 11.5 Å². The van der Waals surface area contributed by atoms with Gasteiger partial charge >= 0.3 is 0 Å². The minimum atomic E-state index is -0.419. The molecule has 1 N–H and O–H groups in total. The molecule has 0 bridgehead atoms. The molecule has 134 valence electrons. The van der Waals surface area contributed by atoms with Crippen LogP contribution in [0.25, 0.3) is 0 Å². The van der Waals surface area contributed by atoms with Crippen LogP contribution in [0.2, 0.25) is 0 Å². The molecule has 0 unspecified atom stereocenters. The van der Waals surface area contributed by atoms with Crippen LogP contribution >= 0.6 is 0 Å². The van der Waals surface area contributed by atoms with Crippen molar-refractivity contribution in [2.45, 2.75) is 6.92 Å². The molecule has 0 heterocycles. The number of nitriles is 1. The number of para-hydroxylation sites is 1. The molecule has 2 aromatic carbocycles. The van der Waals surface area contributed by atoms with Crippen molar-refractivity contribution in [3.05, 3.63) is 48.0 Å². The molecule has 0 aliphatic carbocycles. The monoisotopic (exact) mass is 353 g/mol. The molecule has 0 fully saturated rings. The first-order valence-corrected chi connectivity index (χ1v) is 7.79. The van der Waals surface area contributed by atoms with Gasteiger partial charge in [0.1, 0.15) is 12.6 Å². The van der Waals surface area contributed by atoms with Crippen molar-refractivity contribution in [1.29, 1.82) is 5.26 Å². The molecular formula is C19H19N3O4. The third-order valence-electron chi connectivity index (χ3n) is 3.68. The Labute approximate surface area is 151 Å². The number of hydrogen-bond acceptors (Lipinski definition) is 5. The fourth-order valence-corrected chi connectivity index (χ4v) is 2.40. The van der Waals surface area contributed by atoms with Gasteiger partial charge in [-0.3, -0.25) is 9.59 Å². The van der Waals surface area contributed by atoms with Crippen molar-refractivity contribution in [3.63, 3.8) is 0 Å². The molecule has 2 rings (SSSR count).